The van der Waals surface area contributed by atoms with Gasteiger partial charge in [0.05, 0.1) is 6.04 Å². The summed E-state index contributed by atoms with van der Waals surface area (Å²) < 4.78 is 0. The van der Waals surface area contributed by atoms with Crippen LogP contribution >= 0.6 is 11.8 Å². The van der Waals surface area contributed by atoms with Gasteiger partial charge in [-0.2, -0.15) is 11.8 Å². The number of hydrogen-bond acceptors (Lipinski definition) is 3. The van der Waals surface area contributed by atoms with E-state index in [0.29, 0.717) is 5.41 Å². The summed E-state index contributed by atoms with van der Waals surface area (Å²) in [6.45, 7) is 6.33. The molecule has 0 radical (unpaired) electrons. The van der Waals surface area contributed by atoms with Crippen LogP contribution in [0.3, 0.4) is 0 Å². The Labute approximate surface area is 109 Å². The predicted octanol–water partition coefficient (Wildman–Crippen LogP) is 2.11. The minimum atomic E-state index is -0.298. The van der Waals surface area contributed by atoms with E-state index in [0.717, 1.165) is 38.1 Å². The molecule has 0 bridgehead atoms. The summed E-state index contributed by atoms with van der Waals surface area (Å²) in [6.07, 6.45) is 6.27. The lowest BCUT2D eigenvalue weighted by atomic mass is 9.78. The van der Waals surface area contributed by atoms with Crippen molar-refractivity contribution in [2.75, 3.05) is 25.1 Å². The zero-order valence-corrected chi connectivity index (χ0v) is 12.2. The van der Waals surface area contributed by atoms with Crippen LogP contribution in [0.15, 0.2) is 0 Å². The van der Waals surface area contributed by atoms with Gasteiger partial charge in [0.2, 0.25) is 5.91 Å². The first-order chi connectivity index (χ1) is 8.02. The van der Waals surface area contributed by atoms with Gasteiger partial charge in [0.15, 0.2) is 0 Å². The average Bonchev–Trinajstić information content (AvgIpc) is 2.36. The van der Waals surface area contributed by atoms with Crippen LogP contribution in [0.25, 0.3) is 0 Å². The van der Waals surface area contributed by atoms with Crippen molar-refractivity contribution in [3.63, 3.8) is 0 Å². The molecular formula is C13H26N2OS. The van der Waals surface area contributed by atoms with Gasteiger partial charge < -0.3 is 10.6 Å². The summed E-state index contributed by atoms with van der Waals surface area (Å²) in [5, 5.41) is 0. The lowest BCUT2D eigenvalue weighted by molar-refractivity contribution is -0.134. The largest absolute Gasteiger partial charge is 0.341 e. The van der Waals surface area contributed by atoms with Gasteiger partial charge in [-0.3, -0.25) is 4.79 Å². The lowest BCUT2D eigenvalue weighted by Crippen LogP contribution is -2.49. The first kappa shape index (κ1) is 14.8. The number of nitrogens with zero attached hydrogens (tertiary/aromatic N) is 1. The molecule has 0 aliphatic carbocycles. The van der Waals surface area contributed by atoms with Gasteiger partial charge >= 0.3 is 0 Å². The molecule has 100 valence electrons. The van der Waals surface area contributed by atoms with E-state index in [4.69, 9.17) is 5.73 Å². The predicted molar refractivity (Wildman–Crippen MR) is 75.2 cm³/mol. The standard InChI is InChI=1S/C13H26N2OS/c1-4-13(2)6-8-15(9-7-13)12(16)11(14)5-10-17-3/h11H,4-10,14H2,1-3H3/t11-/m0/s1. The Balaban J connectivity index is 2.40. The number of likely N-dealkylation sites (tertiary alicyclic amines) is 1. The third-order valence-corrected chi connectivity index (χ3v) is 4.73. The molecule has 3 nitrogen and oxygen atoms in total. The third-order valence-electron chi connectivity index (χ3n) is 4.09. The van der Waals surface area contributed by atoms with Crippen LogP contribution in [0.4, 0.5) is 0 Å². The van der Waals surface area contributed by atoms with Crippen LogP contribution in [-0.4, -0.2) is 41.9 Å². The highest BCUT2D eigenvalue weighted by Gasteiger charge is 2.31. The molecule has 1 saturated heterocycles. The highest BCUT2D eigenvalue weighted by atomic mass is 32.2. The zero-order chi connectivity index (χ0) is 12.9. The van der Waals surface area contributed by atoms with Gasteiger partial charge in [-0.15, -0.1) is 0 Å². The second-order valence-corrected chi connectivity index (χ2v) is 6.36. The number of rotatable bonds is 5. The second-order valence-electron chi connectivity index (χ2n) is 5.38. The molecule has 1 fully saturated rings. The normalized spacial score (nSPS) is 21.3. The third kappa shape index (κ3) is 4.18. The van der Waals surface area contributed by atoms with Gasteiger partial charge in [0.1, 0.15) is 0 Å². The fraction of sp³-hybridized carbons (Fsp3) is 0.923. The molecule has 0 aromatic rings. The Morgan fingerprint density at radius 3 is 2.53 bits per heavy atom. The van der Waals surface area contributed by atoms with Crippen molar-refractivity contribution >= 4 is 17.7 Å². The van der Waals surface area contributed by atoms with Crippen LogP contribution in [0, 0.1) is 5.41 Å². The summed E-state index contributed by atoms with van der Waals surface area (Å²) in [5.74, 6) is 1.12. The van der Waals surface area contributed by atoms with Gasteiger partial charge in [-0.25, -0.2) is 0 Å². The molecule has 4 heteroatoms. The Bertz CT molecular complexity index is 250. The number of piperidine rings is 1. The summed E-state index contributed by atoms with van der Waals surface area (Å²) >= 11 is 1.75. The zero-order valence-electron chi connectivity index (χ0n) is 11.4. The quantitative estimate of drug-likeness (QED) is 0.821. The fourth-order valence-electron chi connectivity index (χ4n) is 2.22. The highest BCUT2D eigenvalue weighted by molar-refractivity contribution is 7.98. The van der Waals surface area contributed by atoms with Crippen LogP contribution in [0.2, 0.25) is 0 Å². The first-order valence-electron chi connectivity index (χ1n) is 6.56. The van der Waals surface area contributed by atoms with E-state index >= 15 is 0 Å². The number of nitrogens with two attached hydrogens (primary N) is 1. The average molecular weight is 258 g/mol. The van der Waals surface area contributed by atoms with Gasteiger partial charge in [-0.05, 0) is 36.7 Å². The monoisotopic (exact) mass is 258 g/mol. The molecule has 17 heavy (non-hydrogen) atoms. The summed E-state index contributed by atoms with van der Waals surface area (Å²) in [7, 11) is 0. The second kappa shape index (κ2) is 6.64. The molecule has 1 rings (SSSR count). The van der Waals surface area contributed by atoms with Crippen LogP contribution < -0.4 is 5.73 Å². The minimum Gasteiger partial charge on any atom is -0.341 e. The van der Waals surface area contributed by atoms with Gasteiger partial charge in [0, 0.05) is 13.1 Å². The number of hydrogen-bond donors (Lipinski definition) is 1. The Morgan fingerprint density at radius 1 is 1.47 bits per heavy atom. The van der Waals surface area contributed by atoms with Crippen molar-refractivity contribution in [2.45, 2.75) is 45.6 Å². The van der Waals surface area contributed by atoms with Gasteiger partial charge in [0.25, 0.3) is 0 Å². The Morgan fingerprint density at radius 2 is 2.06 bits per heavy atom. The molecule has 0 aromatic heterocycles. The number of carbonyl (C=O) groups excluding carboxylic acids is 1. The van der Waals surface area contributed by atoms with Crippen molar-refractivity contribution < 1.29 is 4.79 Å². The number of thioether (sulfide) groups is 1. The highest BCUT2D eigenvalue weighted by Crippen LogP contribution is 2.34. The van der Waals surface area contributed by atoms with E-state index in [2.05, 4.69) is 13.8 Å². The summed E-state index contributed by atoms with van der Waals surface area (Å²) in [5.41, 5.74) is 6.36. The van der Waals surface area contributed by atoms with E-state index in [-0.39, 0.29) is 11.9 Å². The van der Waals surface area contributed by atoms with Crippen molar-refractivity contribution in [3.8, 4) is 0 Å². The molecule has 1 heterocycles. The van der Waals surface area contributed by atoms with E-state index in [9.17, 15) is 4.79 Å². The Hall–Kier alpha value is -0.220. The van der Waals surface area contributed by atoms with Crippen LogP contribution in [0.1, 0.15) is 39.5 Å². The van der Waals surface area contributed by atoms with Crippen molar-refractivity contribution in [1.29, 1.82) is 0 Å². The molecule has 0 saturated carbocycles. The van der Waals surface area contributed by atoms with Crippen molar-refractivity contribution in [2.24, 2.45) is 11.1 Å². The maximum absolute atomic E-state index is 12.1. The smallest absolute Gasteiger partial charge is 0.239 e. The SMILES string of the molecule is CCC1(C)CCN(C(=O)[C@@H](N)CCSC)CC1. The van der Waals surface area contributed by atoms with Gasteiger partial charge in [-0.1, -0.05) is 20.3 Å². The topological polar surface area (TPSA) is 46.3 Å². The first-order valence-corrected chi connectivity index (χ1v) is 7.95. The summed E-state index contributed by atoms with van der Waals surface area (Å²) in [6, 6.07) is -0.298. The van der Waals surface area contributed by atoms with Crippen LogP contribution in [0.5, 0.6) is 0 Å². The number of carbonyl (C=O) groups is 1. The van der Waals surface area contributed by atoms with E-state index in [1.165, 1.54) is 6.42 Å². The van der Waals surface area contributed by atoms with Crippen molar-refractivity contribution in [3.05, 3.63) is 0 Å². The molecule has 1 amide bonds. The molecule has 0 spiro atoms. The molecule has 1 atom stereocenters. The van der Waals surface area contributed by atoms with E-state index < -0.39 is 0 Å². The maximum Gasteiger partial charge on any atom is 0.239 e. The Kier molecular flexibility index (Phi) is 5.80. The van der Waals surface area contributed by atoms with Crippen LogP contribution in [-0.2, 0) is 4.79 Å². The molecule has 0 aromatic carbocycles. The number of amides is 1. The molecule has 1 aliphatic rings. The lowest BCUT2D eigenvalue weighted by Gasteiger charge is -2.39. The van der Waals surface area contributed by atoms with Crippen molar-refractivity contribution in [1.82, 2.24) is 4.90 Å². The summed E-state index contributed by atoms with van der Waals surface area (Å²) in [4.78, 5) is 14.1. The molecular weight excluding hydrogens is 232 g/mol. The maximum atomic E-state index is 12.1. The van der Waals surface area contributed by atoms with E-state index in [1.54, 1.807) is 11.8 Å². The fourth-order valence-corrected chi connectivity index (χ4v) is 2.71. The molecule has 1 aliphatic heterocycles. The minimum absolute atomic E-state index is 0.150. The molecule has 2 N–H and O–H groups in total. The molecule has 0 unspecified atom stereocenters. The van der Waals surface area contributed by atoms with E-state index in [1.807, 2.05) is 11.2 Å².